The van der Waals surface area contributed by atoms with Crippen molar-refractivity contribution in [3.05, 3.63) is 94.0 Å². The lowest BCUT2D eigenvalue weighted by atomic mass is 10.0. The van der Waals surface area contributed by atoms with Crippen LogP contribution < -0.4 is 9.62 Å². The van der Waals surface area contributed by atoms with E-state index in [1.54, 1.807) is 48.5 Å². The fourth-order valence-corrected chi connectivity index (χ4v) is 6.23. The number of hydrogen-bond acceptors (Lipinski definition) is 4. The van der Waals surface area contributed by atoms with Crippen molar-refractivity contribution in [3.63, 3.8) is 0 Å². The minimum absolute atomic E-state index is 0.0354. The molecule has 0 fully saturated rings. The van der Waals surface area contributed by atoms with Crippen LogP contribution in [0.15, 0.2) is 77.7 Å². The van der Waals surface area contributed by atoms with Crippen molar-refractivity contribution in [2.24, 2.45) is 0 Å². The molecule has 7 nitrogen and oxygen atoms in total. The topological polar surface area (TPSA) is 86.8 Å². The first-order valence-corrected chi connectivity index (χ1v) is 16.3. The highest BCUT2D eigenvalue weighted by Crippen LogP contribution is 2.28. The molecular formula is C32H39Cl2N3O4S. The van der Waals surface area contributed by atoms with E-state index in [9.17, 15) is 18.0 Å². The number of hydrogen-bond donors (Lipinski definition) is 1. The summed E-state index contributed by atoms with van der Waals surface area (Å²) >= 11 is 12.4. The Morgan fingerprint density at radius 1 is 0.857 bits per heavy atom. The normalized spacial score (nSPS) is 13.0. The number of carbonyl (C=O) groups is 2. The Labute approximate surface area is 259 Å². The highest BCUT2D eigenvalue weighted by Gasteiger charge is 2.34. The zero-order valence-corrected chi connectivity index (χ0v) is 27.0. The number of nitrogens with one attached hydrogen (secondary N) is 1. The van der Waals surface area contributed by atoms with Gasteiger partial charge in [-0.2, -0.15) is 0 Å². The molecule has 0 radical (unpaired) electrons. The minimum Gasteiger partial charge on any atom is -0.352 e. The van der Waals surface area contributed by atoms with Crippen molar-refractivity contribution in [2.45, 2.75) is 76.9 Å². The third-order valence-corrected chi connectivity index (χ3v) is 9.71. The van der Waals surface area contributed by atoms with Crippen molar-refractivity contribution in [3.8, 4) is 0 Å². The standard InChI is InChI=1S/C32H39Cl2N3O4S/c1-6-23(5)35-32(39)30(7-2)36(20-24-13-18-28(33)29(34)19-24)31(38)21-37(26-16-14-25(15-17-26)22(3)4)42(40,41)27-11-9-8-10-12-27/h8-19,22-23,30H,6-7,20-21H2,1-5H3,(H,35,39)/t23-,30+/m1/s1. The molecule has 3 aromatic rings. The summed E-state index contributed by atoms with van der Waals surface area (Å²) in [5, 5.41) is 3.65. The molecule has 0 aromatic heterocycles. The summed E-state index contributed by atoms with van der Waals surface area (Å²) in [6.45, 7) is 9.30. The fourth-order valence-electron chi connectivity index (χ4n) is 4.47. The molecule has 3 rings (SSSR count). The van der Waals surface area contributed by atoms with Crippen LogP contribution in [0.1, 0.15) is 64.5 Å². The molecule has 42 heavy (non-hydrogen) atoms. The molecule has 0 saturated heterocycles. The van der Waals surface area contributed by atoms with Crippen molar-refractivity contribution < 1.29 is 18.0 Å². The summed E-state index contributed by atoms with van der Waals surface area (Å²) in [6.07, 6.45) is 1.04. The Morgan fingerprint density at radius 2 is 1.50 bits per heavy atom. The van der Waals surface area contributed by atoms with Gasteiger partial charge >= 0.3 is 0 Å². The van der Waals surface area contributed by atoms with E-state index in [2.05, 4.69) is 5.32 Å². The van der Waals surface area contributed by atoms with Gasteiger partial charge in [-0.1, -0.05) is 87.3 Å². The number of amides is 2. The first kappa shape index (κ1) is 33.4. The molecule has 0 aliphatic carbocycles. The quantitative estimate of drug-likeness (QED) is 0.219. The minimum atomic E-state index is -4.13. The van der Waals surface area contributed by atoms with E-state index in [4.69, 9.17) is 23.2 Å². The Morgan fingerprint density at radius 3 is 2.05 bits per heavy atom. The lowest BCUT2D eigenvalue weighted by molar-refractivity contribution is -0.140. The highest BCUT2D eigenvalue weighted by atomic mass is 35.5. The van der Waals surface area contributed by atoms with Crippen LogP contribution in [0, 0.1) is 0 Å². The number of anilines is 1. The molecular weight excluding hydrogens is 593 g/mol. The number of rotatable bonds is 13. The molecule has 0 unspecified atom stereocenters. The van der Waals surface area contributed by atoms with Gasteiger partial charge in [0, 0.05) is 12.6 Å². The van der Waals surface area contributed by atoms with E-state index in [1.165, 1.54) is 17.0 Å². The molecule has 10 heteroatoms. The lowest BCUT2D eigenvalue weighted by Gasteiger charge is -2.34. The van der Waals surface area contributed by atoms with Gasteiger partial charge in [0.1, 0.15) is 12.6 Å². The monoisotopic (exact) mass is 631 g/mol. The summed E-state index contributed by atoms with van der Waals surface area (Å²) in [5.74, 6) is -0.588. The van der Waals surface area contributed by atoms with E-state index in [1.807, 2.05) is 46.8 Å². The third kappa shape index (κ3) is 8.27. The zero-order chi connectivity index (χ0) is 31.0. The Balaban J connectivity index is 2.08. The molecule has 0 saturated carbocycles. The van der Waals surface area contributed by atoms with Crippen molar-refractivity contribution in [2.75, 3.05) is 10.8 Å². The van der Waals surface area contributed by atoms with Gasteiger partial charge in [-0.25, -0.2) is 8.42 Å². The molecule has 3 aromatic carbocycles. The lowest BCUT2D eigenvalue weighted by Crippen LogP contribution is -2.53. The van der Waals surface area contributed by atoms with Crippen LogP contribution in [0.2, 0.25) is 10.0 Å². The number of halogens is 2. The van der Waals surface area contributed by atoms with E-state index in [0.29, 0.717) is 27.7 Å². The third-order valence-electron chi connectivity index (χ3n) is 7.18. The van der Waals surface area contributed by atoms with E-state index >= 15 is 0 Å². The first-order chi connectivity index (χ1) is 19.9. The van der Waals surface area contributed by atoms with Crippen LogP contribution in [-0.4, -0.2) is 43.8 Å². The summed E-state index contributed by atoms with van der Waals surface area (Å²) in [4.78, 5) is 29.1. The van der Waals surface area contributed by atoms with Crippen LogP contribution in [0.3, 0.4) is 0 Å². The number of nitrogens with zero attached hydrogens (tertiary/aromatic N) is 2. The number of sulfonamides is 1. The van der Waals surface area contributed by atoms with E-state index in [0.717, 1.165) is 16.3 Å². The second-order valence-electron chi connectivity index (χ2n) is 10.6. The molecule has 1 N–H and O–H groups in total. The van der Waals surface area contributed by atoms with Gasteiger partial charge in [-0.15, -0.1) is 0 Å². The van der Waals surface area contributed by atoms with Crippen LogP contribution in [0.25, 0.3) is 0 Å². The summed E-state index contributed by atoms with van der Waals surface area (Å²) in [7, 11) is -4.13. The van der Waals surface area contributed by atoms with Crippen LogP contribution in [0.4, 0.5) is 5.69 Å². The van der Waals surface area contributed by atoms with Crippen molar-refractivity contribution in [1.29, 1.82) is 0 Å². The average molecular weight is 633 g/mol. The molecule has 226 valence electrons. The van der Waals surface area contributed by atoms with Gasteiger partial charge in [0.25, 0.3) is 10.0 Å². The second-order valence-corrected chi connectivity index (χ2v) is 13.3. The maximum Gasteiger partial charge on any atom is 0.264 e. The molecule has 0 heterocycles. The smallest absolute Gasteiger partial charge is 0.264 e. The maximum absolute atomic E-state index is 14.2. The summed E-state index contributed by atoms with van der Waals surface area (Å²) in [5.41, 5.74) is 2.05. The SMILES string of the molecule is CC[C@@H](C)NC(=O)[C@H](CC)N(Cc1ccc(Cl)c(Cl)c1)C(=O)CN(c1ccc(C(C)C)cc1)S(=O)(=O)c1ccccc1. The highest BCUT2D eigenvalue weighted by molar-refractivity contribution is 7.92. The Bertz CT molecular complexity index is 1460. The van der Waals surface area contributed by atoms with Crippen LogP contribution in [0.5, 0.6) is 0 Å². The van der Waals surface area contributed by atoms with E-state index in [-0.39, 0.29) is 29.3 Å². The van der Waals surface area contributed by atoms with Crippen molar-refractivity contribution >= 4 is 50.7 Å². The van der Waals surface area contributed by atoms with Gasteiger partial charge in [-0.05, 0) is 73.2 Å². The predicted molar refractivity (Wildman–Crippen MR) is 170 cm³/mol. The molecule has 0 spiro atoms. The average Bonchev–Trinajstić information content (AvgIpc) is 2.97. The van der Waals surface area contributed by atoms with Gasteiger partial charge in [-0.3, -0.25) is 13.9 Å². The van der Waals surface area contributed by atoms with Crippen LogP contribution >= 0.6 is 23.2 Å². The predicted octanol–water partition coefficient (Wildman–Crippen LogP) is 7.03. The molecule has 2 atom stereocenters. The summed E-state index contributed by atoms with van der Waals surface area (Å²) in [6, 6.07) is 19.2. The van der Waals surface area contributed by atoms with Gasteiger partial charge in [0.05, 0.1) is 20.6 Å². The number of benzene rings is 3. The molecule has 0 aliphatic rings. The maximum atomic E-state index is 14.2. The Kier molecular flexibility index (Phi) is 11.9. The van der Waals surface area contributed by atoms with Gasteiger partial charge in [0.15, 0.2) is 0 Å². The Hall–Kier alpha value is -3.07. The number of carbonyl (C=O) groups excluding carboxylic acids is 2. The largest absolute Gasteiger partial charge is 0.352 e. The van der Waals surface area contributed by atoms with Gasteiger partial charge < -0.3 is 10.2 Å². The van der Waals surface area contributed by atoms with Crippen LogP contribution in [-0.2, 0) is 26.2 Å². The summed E-state index contributed by atoms with van der Waals surface area (Å²) < 4.78 is 29.0. The molecule has 0 bridgehead atoms. The first-order valence-electron chi connectivity index (χ1n) is 14.1. The molecule has 2 amide bonds. The van der Waals surface area contributed by atoms with Crippen molar-refractivity contribution in [1.82, 2.24) is 10.2 Å². The second kappa shape index (κ2) is 14.9. The van der Waals surface area contributed by atoms with Gasteiger partial charge in [0.2, 0.25) is 11.8 Å². The van der Waals surface area contributed by atoms with E-state index < -0.39 is 28.5 Å². The molecule has 0 aliphatic heterocycles. The fraction of sp³-hybridized carbons (Fsp3) is 0.375. The zero-order valence-electron chi connectivity index (χ0n) is 24.7.